The number of morpholine rings is 1. The highest BCUT2D eigenvalue weighted by Gasteiger charge is 2.39. The highest BCUT2D eigenvalue weighted by atomic mass is 16.5. The summed E-state index contributed by atoms with van der Waals surface area (Å²) in [7, 11) is 0. The lowest BCUT2D eigenvalue weighted by Crippen LogP contribution is -2.58. The number of ether oxygens (including phenoxy) is 1. The van der Waals surface area contributed by atoms with Crippen molar-refractivity contribution >= 4 is 11.6 Å². The monoisotopic (exact) mass is 276 g/mol. The van der Waals surface area contributed by atoms with Crippen LogP contribution in [0.2, 0.25) is 0 Å². The van der Waals surface area contributed by atoms with Crippen molar-refractivity contribution in [3.8, 4) is 0 Å². The van der Waals surface area contributed by atoms with Crippen LogP contribution in [0.25, 0.3) is 0 Å². The molecule has 2 N–H and O–H groups in total. The molecule has 0 aromatic heterocycles. The maximum absolute atomic E-state index is 12.5. The van der Waals surface area contributed by atoms with Gasteiger partial charge in [-0.25, -0.2) is 0 Å². The zero-order valence-electron chi connectivity index (χ0n) is 12.8. The van der Waals surface area contributed by atoms with Crippen LogP contribution in [0, 0.1) is 0 Å². The molecule has 1 fully saturated rings. The second kappa shape index (κ2) is 5.09. The molecule has 0 radical (unpaired) electrons. The highest BCUT2D eigenvalue weighted by molar-refractivity contribution is 5.79. The molecule has 0 saturated carbocycles. The smallest absolute Gasteiger partial charge is 0.227 e. The molecule has 0 aliphatic carbocycles. The van der Waals surface area contributed by atoms with Crippen LogP contribution in [-0.2, 0) is 16.0 Å². The van der Waals surface area contributed by atoms with Crippen LogP contribution in [0.5, 0.6) is 0 Å². The van der Waals surface area contributed by atoms with E-state index in [1.807, 2.05) is 56.9 Å². The van der Waals surface area contributed by atoms with Crippen molar-refractivity contribution in [3.05, 3.63) is 29.8 Å². The first-order valence-corrected chi connectivity index (χ1v) is 6.99. The number of anilines is 1. The molecule has 1 aromatic rings. The summed E-state index contributed by atoms with van der Waals surface area (Å²) in [5, 5.41) is 0. The molecule has 1 saturated heterocycles. The summed E-state index contributed by atoms with van der Waals surface area (Å²) < 4.78 is 6.00. The minimum absolute atomic E-state index is 0.125. The zero-order valence-corrected chi connectivity index (χ0v) is 12.8. The van der Waals surface area contributed by atoms with Gasteiger partial charge >= 0.3 is 0 Å². The van der Waals surface area contributed by atoms with Gasteiger partial charge in [-0.3, -0.25) is 4.79 Å². The van der Waals surface area contributed by atoms with Gasteiger partial charge in [-0.1, -0.05) is 12.1 Å². The van der Waals surface area contributed by atoms with Gasteiger partial charge in [0, 0.05) is 18.8 Å². The standard InChI is InChI=1S/C16H24N2O2/c1-15(2)10-18(11-16(3,4)20-15)14(19)9-12-6-5-7-13(17)8-12/h5-8H,9-11,17H2,1-4H3. The fourth-order valence-corrected chi connectivity index (χ4v) is 2.95. The van der Waals surface area contributed by atoms with E-state index in [0.29, 0.717) is 25.2 Å². The SMILES string of the molecule is CC1(C)CN(C(=O)Cc2cccc(N)c2)CC(C)(C)O1. The van der Waals surface area contributed by atoms with Gasteiger partial charge in [0.2, 0.25) is 5.91 Å². The van der Waals surface area contributed by atoms with Crippen molar-refractivity contribution < 1.29 is 9.53 Å². The van der Waals surface area contributed by atoms with Crippen molar-refractivity contribution in [2.24, 2.45) is 0 Å². The number of carbonyl (C=O) groups is 1. The summed E-state index contributed by atoms with van der Waals surface area (Å²) in [6.45, 7) is 9.34. The number of hydrogen-bond donors (Lipinski definition) is 1. The largest absolute Gasteiger partial charge is 0.399 e. The zero-order chi connectivity index (χ0) is 15.0. The van der Waals surface area contributed by atoms with E-state index in [1.54, 1.807) is 0 Å². The Hall–Kier alpha value is -1.55. The number of nitrogens with zero attached hydrogens (tertiary/aromatic N) is 1. The van der Waals surface area contributed by atoms with E-state index in [1.165, 1.54) is 0 Å². The van der Waals surface area contributed by atoms with E-state index in [9.17, 15) is 4.79 Å². The van der Waals surface area contributed by atoms with Gasteiger partial charge in [0.1, 0.15) is 0 Å². The molecule has 0 spiro atoms. The molecule has 1 aromatic carbocycles. The van der Waals surface area contributed by atoms with Crippen LogP contribution < -0.4 is 5.73 Å². The Morgan fingerprint density at radius 1 is 1.25 bits per heavy atom. The Morgan fingerprint density at radius 3 is 2.40 bits per heavy atom. The molecule has 2 rings (SSSR count). The molecule has 4 heteroatoms. The lowest BCUT2D eigenvalue weighted by atomic mass is 9.98. The average molecular weight is 276 g/mol. The molecule has 0 unspecified atom stereocenters. The molecule has 1 amide bonds. The van der Waals surface area contributed by atoms with E-state index in [2.05, 4.69) is 0 Å². The number of nitrogens with two attached hydrogens (primary N) is 1. The summed E-state index contributed by atoms with van der Waals surface area (Å²) in [6, 6.07) is 7.50. The molecular formula is C16H24N2O2. The first kappa shape index (κ1) is 14.9. The minimum atomic E-state index is -0.312. The molecule has 1 aliphatic heterocycles. The third-order valence-corrected chi connectivity index (χ3v) is 3.35. The van der Waals surface area contributed by atoms with Crippen LogP contribution in [0.3, 0.4) is 0 Å². The van der Waals surface area contributed by atoms with Crippen LogP contribution >= 0.6 is 0 Å². The number of hydrogen-bond acceptors (Lipinski definition) is 3. The number of carbonyl (C=O) groups excluding carboxylic acids is 1. The quantitative estimate of drug-likeness (QED) is 0.843. The highest BCUT2D eigenvalue weighted by Crippen LogP contribution is 2.28. The van der Waals surface area contributed by atoms with Gasteiger partial charge in [0.05, 0.1) is 17.6 Å². The van der Waals surface area contributed by atoms with E-state index in [0.717, 1.165) is 5.56 Å². The fraction of sp³-hybridized carbons (Fsp3) is 0.562. The molecule has 1 aliphatic rings. The number of amides is 1. The van der Waals surface area contributed by atoms with Crippen molar-refractivity contribution in [1.29, 1.82) is 0 Å². The van der Waals surface area contributed by atoms with Crippen molar-refractivity contribution in [2.75, 3.05) is 18.8 Å². The predicted octanol–water partition coefficient (Wildman–Crippen LogP) is 2.23. The molecule has 0 bridgehead atoms. The first-order chi connectivity index (χ1) is 9.17. The Kier molecular flexibility index (Phi) is 3.78. The van der Waals surface area contributed by atoms with Gasteiger partial charge in [-0.15, -0.1) is 0 Å². The molecular weight excluding hydrogens is 252 g/mol. The summed E-state index contributed by atoms with van der Waals surface area (Å²) >= 11 is 0. The first-order valence-electron chi connectivity index (χ1n) is 6.99. The number of benzene rings is 1. The molecule has 4 nitrogen and oxygen atoms in total. The van der Waals surface area contributed by atoms with Crippen LogP contribution in [0.15, 0.2) is 24.3 Å². The van der Waals surface area contributed by atoms with E-state index < -0.39 is 0 Å². The topological polar surface area (TPSA) is 55.6 Å². The van der Waals surface area contributed by atoms with Gasteiger partial charge in [-0.2, -0.15) is 0 Å². The van der Waals surface area contributed by atoms with Crippen LogP contribution in [-0.4, -0.2) is 35.1 Å². The number of rotatable bonds is 2. The Balaban J connectivity index is 2.09. The fourth-order valence-electron chi connectivity index (χ4n) is 2.95. The Labute approximate surface area is 120 Å². The van der Waals surface area contributed by atoms with Gasteiger partial charge in [0.15, 0.2) is 0 Å². The lowest BCUT2D eigenvalue weighted by Gasteiger charge is -2.47. The maximum atomic E-state index is 12.5. The predicted molar refractivity (Wildman–Crippen MR) is 80.4 cm³/mol. The van der Waals surface area contributed by atoms with Crippen LogP contribution in [0.4, 0.5) is 5.69 Å². The van der Waals surface area contributed by atoms with Gasteiger partial charge < -0.3 is 15.4 Å². The summed E-state index contributed by atoms with van der Waals surface area (Å²) in [5.41, 5.74) is 6.78. The van der Waals surface area contributed by atoms with E-state index in [4.69, 9.17) is 10.5 Å². The van der Waals surface area contributed by atoms with Crippen molar-refractivity contribution in [3.63, 3.8) is 0 Å². The molecule has 0 atom stereocenters. The maximum Gasteiger partial charge on any atom is 0.227 e. The van der Waals surface area contributed by atoms with Crippen molar-refractivity contribution in [2.45, 2.75) is 45.3 Å². The van der Waals surface area contributed by atoms with Gasteiger partial charge in [-0.05, 0) is 45.4 Å². The lowest BCUT2D eigenvalue weighted by molar-refractivity contribution is -0.187. The third kappa shape index (κ3) is 3.73. The molecule has 110 valence electrons. The second-order valence-corrected chi connectivity index (χ2v) is 6.79. The van der Waals surface area contributed by atoms with Gasteiger partial charge in [0.25, 0.3) is 0 Å². The summed E-state index contributed by atoms with van der Waals surface area (Å²) in [4.78, 5) is 14.4. The second-order valence-electron chi connectivity index (χ2n) is 6.79. The molecule has 1 heterocycles. The van der Waals surface area contributed by atoms with E-state index in [-0.39, 0.29) is 17.1 Å². The third-order valence-electron chi connectivity index (χ3n) is 3.35. The normalized spacial score (nSPS) is 20.7. The van der Waals surface area contributed by atoms with Crippen LogP contribution in [0.1, 0.15) is 33.3 Å². The molecule has 20 heavy (non-hydrogen) atoms. The minimum Gasteiger partial charge on any atom is -0.399 e. The average Bonchev–Trinajstić information content (AvgIpc) is 2.24. The van der Waals surface area contributed by atoms with Crippen molar-refractivity contribution in [1.82, 2.24) is 4.90 Å². The van der Waals surface area contributed by atoms with E-state index >= 15 is 0 Å². The number of nitrogen functional groups attached to an aromatic ring is 1. The Bertz CT molecular complexity index is 493. The summed E-state index contributed by atoms with van der Waals surface area (Å²) in [5.74, 6) is 0.125. The summed E-state index contributed by atoms with van der Waals surface area (Å²) in [6.07, 6.45) is 0.386. The Morgan fingerprint density at radius 2 is 1.85 bits per heavy atom.